The summed E-state index contributed by atoms with van der Waals surface area (Å²) >= 11 is 0. The second kappa shape index (κ2) is 6.15. The summed E-state index contributed by atoms with van der Waals surface area (Å²) in [5, 5.41) is 20.9. The molecule has 1 aliphatic rings. The van der Waals surface area contributed by atoms with Crippen LogP contribution >= 0.6 is 0 Å². The van der Waals surface area contributed by atoms with Crippen LogP contribution in [0, 0.1) is 0 Å². The summed E-state index contributed by atoms with van der Waals surface area (Å²) in [6.07, 6.45) is 3.50. The first-order valence-electron chi connectivity index (χ1n) is 7.17. The second-order valence-electron chi connectivity index (χ2n) is 5.22. The lowest BCUT2D eigenvalue weighted by Crippen LogP contribution is -2.19. The van der Waals surface area contributed by atoms with Crippen molar-refractivity contribution in [2.75, 3.05) is 0 Å². The highest BCUT2D eigenvalue weighted by molar-refractivity contribution is 5.21. The zero-order valence-corrected chi connectivity index (χ0v) is 11.5. The molecule has 1 aromatic carbocycles. The fourth-order valence-electron chi connectivity index (χ4n) is 2.58. The number of fused-ring (bicyclic) bond motifs is 1. The van der Waals surface area contributed by atoms with Gasteiger partial charge in [0.05, 0.1) is 13.2 Å². The fraction of sp³-hybridized carbons (Fsp3) is 0.467. The van der Waals surface area contributed by atoms with Gasteiger partial charge in [-0.2, -0.15) is 0 Å². The zero-order valence-electron chi connectivity index (χ0n) is 11.5. The van der Waals surface area contributed by atoms with Gasteiger partial charge in [0.25, 0.3) is 0 Å². The Morgan fingerprint density at radius 1 is 1.05 bits per heavy atom. The molecule has 0 aliphatic carbocycles. The van der Waals surface area contributed by atoms with Gasteiger partial charge in [0.2, 0.25) is 0 Å². The molecule has 0 fully saturated rings. The average molecular weight is 272 g/mol. The predicted octanol–water partition coefficient (Wildman–Crippen LogP) is 1.40. The highest BCUT2D eigenvalue weighted by atomic mass is 16.3. The first kappa shape index (κ1) is 13.3. The minimum Gasteiger partial charge on any atom is -0.392 e. The Labute approximate surface area is 118 Å². The van der Waals surface area contributed by atoms with Gasteiger partial charge >= 0.3 is 0 Å². The lowest BCUT2D eigenvalue weighted by Gasteiger charge is -2.14. The molecule has 2 heterocycles. The van der Waals surface area contributed by atoms with Gasteiger partial charge in [0.1, 0.15) is 11.6 Å². The van der Waals surface area contributed by atoms with Crippen molar-refractivity contribution >= 4 is 0 Å². The number of aryl methyl sites for hydroxylation is 1. The molecule has 5 heteroatoms. The molecule has 0 saturated heterocycles. The number of hydrogen-bond acceptors (Lipinski definition) is 4. The molecule has 1 aromatic heterocycles. The summed E-state index contributed by atoms with van der Waals surface area (Å²) in [5.41, 5.74) is 2.15. The Morgan fingerprint density at radius 2 is 1.85 bits per heavy atom. The van der Waals surface area contributed by atoms with Gasteiger partial charge in [-0.1, -0.05) is 24.3 Å². The maximum atomic E-state index is 9.01. The topological polar surface area (TPSA) is 63.0 Å². The second-order valence-corrected chi connectivity index (χ2v) is 5.22. The number of aliphatic hydroxyl groups excluding tert-OH is 1. The molecule has 5 nitrogen and oxygen atoms in total. The Bertz CT molecular complexity index is 562. The standard InChI is InChI=1S/C15H20N4O/c20-11-13-6-4-12(5-7-13)9-16-10-15-18-17-14-3-1-2-8-19(14)15/h4-7,16,20H,1-3,8-11H2. The van der Waals surface area contributed by atoms with E-state index >= 15 is 0 Å². The number of rotatable bonds is 5. The van der Waals surface area contributed by atoms with E-state index in [1.807, 2.05) is 24.3 Å². The molecule has 2 N–H and O–H groups in total. The van der Waals surface area contributed by atoms with Gasteiger partial charge in [-0.3, -0.25) is 0 Å². The van der Waals surface area contributed by atoms with Gasteiger partial charge in [-0.05, 0) is 24.0 Å². The molecule has 0 saturated carbocycles. The number of nitrogens with zero attached hydrogens (tertiary/aromatic N) is 3. The van der Waals surface area contributed by atoms with E-state index in [2.05, 4.69) is 20.1 Å². The molecule has 1 aliphatic heterocycles. The van der Waals surface area contributed by atoms with Gasteiger partial charge < -0.3 is 15.0 Å². The first-order valence-corrected chi connectivity index (χ1v) is 7.17. The molecule has 2 aromatic rings. The van der Waals surface area contributed by atoms with Crippen LogP contribution in [0.4, 0.5) is 0 Å². The number of nitrogens with one attached hydrogen (secondary N) is 1. The van der Waals surface area contributed by atoms with Crippen molar-refractivity contribution in [1.82, 2.24) is 20.1 Å². The van der Waals surface area contributed by atoms with Crippen LogP contribution in [0.3, 0.4) is 0 Å². The van der Waals surface area contributed by atoms with Crippen molar-refractivity contribution in [3.63, 3.8) is 0 Å². The van der Waals surface area contributed by atoms with E-state index in [9.17, 15) is 0 Å². The number of aliphatic hydroxyl groups is 1. The van der Waals surface area contributed by atoms with E-state index in [1.54, 1.807) is 0 Å². The van der Waals surface area contributed by atoms with Gasteiger partial charge in [-0.15, -0.1) is 10.2 Å². The van der Waals surface area contributed by atoms with Crippen LogP contribution in [-0.2, 0) is 32.7 Å². The lowest BCUT2D eigenvalue weighted by atomic mass is 10.1. The van der Waals surface area contributed by atoms with Crippen molar-refractivity contribution in [2.24, 2.45) is 0 Å². The van der Waals surface area contributed by atoms with Crippen LogP contribution < -0.4 is 5.32 Å². The Morgan fingerprint density at radius 3 is 2.65 bits per heavy atom. The van der Waals surface area contributed by atoms with Crippen LogP contribution in [0.2, 0.25) is 0 Å². The molecule has 0 bridgehead atoms. The third kappa shape index (κ3) is 2.89. The third-order valence-electron chi connectivity index (χ3n) is 3.75. The summed E-state index contributed by atoms with van der Waals surface area (Å²) in [7, 11) is 0. The molecule has 0 unspecified atom stereocenters. The minimum absolute atomic E-state index is 0.0968. The minimum atomic E-state index is 0.0968. The Hall–Kier alpha value is -1.72. The van der Waals surface area contributed by atoms with Crippen LogP contribution in [0.1, 0.15) is 35.6 Å². The van der Waals surface area contributed by atoms with E-state index in [0.29, 0.717) is 0 Å². The molecule has 0 radical (unpaired) electrons. The Kier molecular flexibility index (Phi) is 4.08. The fourth-order valence-corrected chi connectivity index (χ4v) is 2.58. The zero-order chi connectivity index (χ0) is 13.8. The molecule has 106 valence electrons. The molecule has 0 amide bonds. The maximum Gasteiger partial charge on any atom is 0.147 e. The van der Waals surface area contributed by atoms with E-state index in [4.69, 9.17) is 5.11 Å². The number of hydrogen-bond donors (Lipinski definition) is 2. The summed E-state index contributed by atoms with van der Waals surface area (Å²) in [6.45, 7) is 2.69. The third-order valence-corrected chi connectivity index (χ3v) is 3.75. The molecule has 20 heavy (non-hydrogen) atoms. The van der Waals surface area contributed by atoms with Crippen molar-refractivity contribution in [3.8, 4) is 0 Å². The van der Waals surface area contributed by atoms with Crippen molar-refractivity contribution in [3.05, 3.63) is 47.0 Å². The van der Waals surface area contributed by atoms with E-state index in [-0.39, 0.29) is 6.61 Å². The average Bonchev–Trinajstić information content (AvgIpc) is 2.92. The van der Waals surface area contributed by atoms with Crippen molar-refractivity contribution in [1.29, 1.82) is 0 Å². The van der Waals surface area contributed by atoms with Crippen LogP contribution in [-0.4, -0.2) is 19.9 Å². The summed E-state index contributed by atoms with van der Waals surface area (Å²) in [4.78, 5) is 0. The van der Waals surface area contributed by atoms with Gasteiger partial charge in [-0.25, -0.2) is 0 Å². The molecular weight excluding hydrogens is 252 g/mol. The van der Waals surface area contributed by atoms with Crippen molar-refractivity contribution < 1.29 is 5.11 Å². The molecule has 0 atom stereocenters. The maximum absolute atomic E-state index is 9.01. The molecule has 0 spiro atoms. The normalized spacial score (nSPS) is 14.2. The van der Waals surface area contributed by atoms with Crippen LogP contribution in [0.15, 0.2) is 24.3 Å². The summed E-state index contributed by atoms with van der Waals surface area (Å²) in [6, 6.07) is 7.99. The number of aromatic nitrogens is 3. The Balaban J connectivity index is 1.55. The molecule has 3 rings (SSSR count). The predicted molar refractivity (Wildman–Crippen MR) is 75.9 cm³/mol. The SMILES string of the molecule is OCc1ccc(CNCc2nnc3n2CCCC3)cc1. The lowest BCUT2D eigenvalue weighted by molar-refractivity contribution is 0.282. The van der Waals surface area contributed by atoms with E-state index < -0.39 is 0 Å². The summed E-state index contributed by atoms with van der Waals surface area (Å²) < 4.78 is 2.24. The van der Waals surface area contributed by atoms with E-state index in [0.717, 1.165) is 43.3 Å². The van der Waals surface area contributed by atoms with Gasteiger partial charge in [0, 0.05) is 19.5 Å². The highest BCUT2D eigenvalue weighted by Crippen LogP contribution is 2.14. The van der Waals surface area contributed by atoms with Gasteiger partial charge in [0.15, 0.2) is 0 Å². The first-order chi connectivity index (χ1) is 9.86. The van der Waals surface area contributed by atoms with Crippen LogP contribution in [0.5, 0.6) is 0 Å². The quantitative estimate of drug-likeness (QED) is 0.863. The highest BCUT2D eigenvalue weighted by Gasteiger charge is 2.14. The summed E-state index contributed by atoms with van der Waals surface area (Å²) in [5.74, 6) is 2.16. The number of benzene rings is 1. The monoisotopic (exact) mass is 272 g/mol. The largest absolute Gasteiger partial charge is 0.392 e. The van der Waals surface area contributed by atoms with Crippen LogP contribution in [0.25, 0.3) is 0 Å². The van der Waals surface area contributed by atoms with E-state index in [1.165, 1.54) is 18.4 Å². The smallest absolute Gasteiger partial charge is 0.147 e. The molecular formula is C15H20N4O. The van der Waals surface area contributed by atoms with Crippen molar-refractivity contribution in [2.45, 2.75) is 45.5 Å².